The Morgan fingerprint density at radius 1 is 1.48 bits per heavy atom. The number of rotatable bonds is 5. The van der Waals surface area contributed by atoms with Gasteiger partial charge in [0.05, 0.1) is 11.7 Å². The molecule has 1 N–H and O–H groups in total. The minimum atomic E-state index is -3.23. The molecule has 0 saturated carbocycles. The summed E-state index contributed by atoms with van der Waals surface area (Å²) < 4.78 is 25.6. The molecule has 21 heavy (non-hydrogen) atoms. The summed E-state index contributed by atoms with van der Waals surface area (Å²) in [5, 5.41) is 2.74. The Kier molecular flexibility index (Phi) is 5.30. The van der Waals surface area contributed by atoms with Crippen LogP contribution in [0, 0.1) is 5.92 Å². The molecule has 116 valence electrons. The Balaban J connectivity index is 1.99. The average molecular weight is 311 g/mol. The van der Waals surface area contributed by atoms with Gasteiger partial charge in [0, 0.05) is 19.3 Å². The Hall–Kier alpha value is -1.47. The molecule has 6 nitrogen and oxygen atoms in total. The minimum absolute atomic E-state index is 0.140. The second-order valence-electron chi connectivity index (χ2n) is 5.22. The lowest BCUT2D eigenvalue weighted by molar-refractivity contribution is -0.120. The van der Waals surface area contributed by atoms with Crippen molar-refractivity contribution < 1.29 is 13.2 Å². The predicted octanol–water partition coefficient (Wildman–Crippen LogP) is 1.47. The van der Waals surface area contributed by atoms with Crippen molar-refractivity contribution in [3.8, 4) is 0 Å². The van der Waals surface area contributed by atoms with Crippen LogP contribution in [0.4, 0.5) is 5.82 Å². The van der Waals surface area contributed by atoms with E-state index in [4.69, 9.17) is 0 Å². The van der Waals surface area contributed by atoms with Gasteiger partial charge in [0.2, 0.25) is 15.9 Å². The van der Waals surface area contributed by atoms with Gasteiger partial charge in [0.15, 0.2) is 0 Å². The lowest BCUT2D eigenvalue weighted by Gasteiger charge is -2.31. The Morgan fingerprint density at radius 2 is 2.29 bits per heavy atom. The first-order valence-electron chi connectivity index (χ1n) is 7.22. The number of nitrogens with one attached hydrogen (secondary N) is 1. The van der Waals surface area contributed by atoms with Gasteiger partial charge in [-0.25, -0.2) is 17.7 Å². The van der Waals surface area contributed by atoms with E-state index in [1.165, 1.54) is 4.31 Å². The molecule has 0 aliphatic carbocycles. The summed E-state index contributed by atoms with van der Waals surface area (Å²) in [6, 6.07) is 5.28. The average Bonchev–Trinajstić information content (AvgIpc) is 2.48. The number of amides is 1. The highest BCUT2D eigenvalue weighted by molar-refractivity contribution is 7.89. The summed E-state index contributed by atoms with van der Waals surface area (Å²) in [4.78, 5) is 16.3. The van der Waals surface area contributed by atoms with Gasteiger partial charge in [-0.3, -0.25) is 4.79 Å². The predicted molar refractivity (Wildman–Crippen MR) is 81.2 cm³/mol. The van der Waals surface area contributed by atoms with Crippen molar-refractivity contribution in [2.24, 2.45) is 5.92 Å². The van der Waals surface area contributed by atoms with Crippen LogP contribution in [0.2, 0.25) is 0 Å². The summed E-state index contributed by atoms with van der Waals surface area (Å²) in [7, 11) is -3.23. The van der Waals surface area contributed by atoms with Crippen molar-refractivity contribution in [1.82, 2.24) is 9.29 Å². The van der Waals surface area contributed by atoms with E-state index in [9.17, 15) is 13.2 Å². The smallest absolute Gasteiger partial charge is 0.229 e. The van der Waals surface area contributed by atoms with Crippen LogP contribution in [0.1, 0.15) is 26.2 Å². The molecule has 2 rings (SSSR count). The third kappa shape index (κ3) is 4.25. The fourth-order valence-electron chi connectivity index (χ4n) is 2.46. The topological polar surface area (TPSA) is 79.4 Å². The molecule has 1 aliphatic heterocycles. The lowest BCUT2D eigenvalue weighted by atomic mass is 9.99. The van der Waals surface area contributed by atoms with Crippen LogP contribution < -0.4 is 5.32 Å². The number of anilines is 1. The first-order chi connectivity index (χ1) is 10.0. The van der Waals surface area contributed by atoms with Crippen molar-refractivity contribution in [3.63, 3.8) is 0 Å². The van der Waals surface area contributed by atoms with Gasteiger partial charge < -0.3 is 5.32 Å². The van der Waals surface area contributed by atoms with E-state index < -0.39 is 10.0 Å². The highest BCUT2D eigenvalue weighted by Crippen LogP contribution is 2.21. The number of hydrogen-bond acceptors (Lipinski definition) is 4. The highest BCUT2D eigenvalue weighted by atomic mass is 32.2. The van der Waals surface area contributed by atoms with E-state index in [0.717, 1.165) is 0 Å². The number of pyridine rings is 1. The summed E-state index contributed by atoms with van der Waals surface area (Å²) in [5.41, 5.74) is 0. The van der Waals surface area contributed by atoms with Gasteiger partial charge >= 0.3 is 0 Å². The molecule has 7 heteroatoms. The largest absolute Gasteiger partial charge is 0.310 e. The monoisotopic (exact) mass is 311 g/mol. The summed E-state index contributed by atoms with van der Waals surface area (Å²) in [5.74, 6) is 0.162. The van der Waals surface area contributed by atoms with Gasteiger partial charge in [-0.1, -0.05) is 13.0 Å². The zero-order valence-corrected chi connectivity index (χ0v) is 13.0. The van der Waals surface area contributed by atoms with Crippen molar-refractivity contribution in [1.29, 1.82) is 0 Å². The number of sulfonamides is 1. The maximum Gasteiger partial charge on any atom is 0.229 e. The van der Waals surface area contributed by atoms with Crippen LogP contribution in [-0.2, 0) is 14.8 Å². The number of aromatic nitrogens is 1. The molecular formula is C14H21N3O3S. The molecule has 1 atom stereocenters. The molecule has 1 aliphatic rings. The number of carbonyl (C=O) groups is 1. The van der Waals surface area contributed by atoms with Gasteiger partial charge in [-0.15, -0.1) is 0 Å². The molecule has 0 bridgehead atoms. The van der Waals surface area contributed by atoms with Gasteiger partial charge in [-0.05, 0) is 31.4 Å². The van der Waals surface area contributed by atoms with Crippen LogP contribution >= 0.6 is 0 Å². The number of carbonyl (C=O) groups excluding carboxylic acids is 1. The zero-order chi connectivity index (χ0) is 15.3. The number of hydrogen-bond donors (Lipinski definition) is 1. The molecule has 0 unspecified atom stereocenters. The minimum Gasteiger partial charge on any atom is -0.310 e. The van der Waals surface area contributed by atoms with E-state index in [1.807, 2.05) is 6.92 Å². The third-order valence-electron chi connectivity index (χ3n) is 3.53. The van der Waals surface area contributed by atoms with Gasteiger partial charge in [-0.2, -0.15) is 0 Å². The summed E-state index contributed by atoms with van der Waals surface area (Å²) >= 11 is 0. The number of nitrogens with zero attached hydrogens (tertiary/aromatic N) is 2. The van der Waals surface area contributed by atoms with E-state index in [0.29, 0.717) is 31.6 Å². The molecule has 0 spiro atoms. The molecule has 1 aromatic rings. The molecule has 0 aromatic carbocycles. The lowest BCUT2D eigenvalue weighted by Crippen LogP contribution is -2.44. The molecular weight excluding hydrogens is 290 g/mol. The molecule has 1 amide bonds. The van der Waals surface area contributed by atoms with E-state index in [1.54, 1.807) is 24.4 Å². The Bertz CT molecular complexity index is 574. The van der Waals surface area contributed by atoms with Crippen LogP contribution in [0.5, 0.6) is 0 Å². The van der Waals surface area contributed by atoms with Crippen LogP contribution in [-0.4, -0.2) is 42.5 Å². The first kappa shape index (κ1) is 15.9. The second kappa shape index (κ2) is 7.00. The van der Waals surface area contributed by atoms with Crippen LogP contribution in [0.15, 0.2) is 24.4 Å². The van der Waals surface area contributed by atoms with Crippen molar-refractivity contribution in [2.45, 2.75) is 26.2 Å². The maximum atomic E-state index is 12.2. The third-order valence-corrected chi connectivity index (χ3v) is 5.57. The summed E-state index contributed by atoms with van der Waals surface area (Å²) in [6.45, 7) is 2.61. The second-order valence-corrected chi connectivity index (χ2v) is 7.31. The molecule has 1 saturated heterocycles. The van der Waals surface area contributed by atoms with Crippen LogP contribution in [0.3, 0.4) is 0 Å². The van der Waals surface area contributed by atoms with Crippen molar-refractivity contribution >= 4 is 21.7 Å². The Morgan fingerprint density at radius 3 is 2.95 bits per heavy atom. The maximum absolute atomic E-state index is 12.2. The van der Waals surface area contributed by atoms with E-state index in [-0.39, 0.29) is 24.1 Å². The van der Waals surface area contributed by atoms with Gasteiger partial charge in [0.1, 0.15) is 5.82 Å². The van der Waals surface area contributed by atoms with Gasteiger partial charge in [0.25, 0.3) is 0 Å². The standard InChI is InChI=1S/C14H21N3O3S/c1-2-10-21(19,20)17-9-5-6-12(11-17)14(18)16-13-7-3-4-8-15-13/h3-4,7-8,12H,2,5-6,9-11H2,1H3,(H,15,16,18)/t12-/m1/s1. The van der Waals surface area contributed by atoms with E-state index in [2.05, 4.69) is 10.3 Å². The molecule has 2 heterocycles. The first-order valence-corrected chi connectivity index (χ1v) is 8.83. The normalized spacial score (nSPS) is 20.1. The Labute approximate surface area is 125 Å². The fourth-order valence-corrected chi connectivity index (χ4v) is 4.05. The summed E-state index contributed by atoms with van der Waals surface area (Å²) in [6.07, 6.45) is 3.61. The fraction of sp³-hybridized carbons (Fsp3) is 0.571. The zero-order valence-electron chi connectivity index (χ0n) is 12.2. The van der Waals surface area contributed by atoms with Crippen molar-refractivity contribution in [3.05, 3.63) is 24.4 Å². The highest BCUT2D eigenvalue weighted by Gasteiger charge is 2.31. The molecule has 1 fully saturated rings. The quantitative estimate of drug-likeness (QED) is 0.893. The van der Waals surface area contributed by atoms with Crippen molar-refractivity contribution in [2.75, 3.05) is 24.2 Å². The number of piperidine rings is 1. The van der Waals surface area contributed by atoms with Crippen LogP contribution in [0.25, 0.3) is 0 Å². The molecule has 1 aromatic heterocycles. The molecule has 0 radical (unpaired) electrons. The SMILES string of the molecule is CCCS(=O)(=O)N1CCC[C@@H](C(=O)Nc2ccccn2)C1. The van der Waals surface area contributed by atoms with E-state index >= 15 is 0 Å².